The maximum atomic E-state index is 13.4. The fraction of sp³-hybridized carbons (Fsp3) is 0.474. The Balaban J connectivity index is 1.71. The summed E-state index contributed by atoms with van der Waals surface area (Å²) in [4.78, 5) is 21.0. The van der Waals surface area contributed by atoms with Gasteiger partial charge in [-0.15, -0.1) is 0 Å². The van der Waals surface area contributed by atoms with Gasteiger partial charge >= 0.3 is 0 Å². The van der Waals surface area contributed by atoms with E-state index < -0.39 is 14.9 Å². The molecule has 0 N–H and O–H groups in total. The summed E-state index contributed by atoms with van der Waals surface area (Å²) in [5.74, 6) is 0.135. The van der Waals surface area contributed by atoms with Gasteiger partial charge in [0.25, 0.3) is 5.69 Å². The summed E-state index contributed by atoms with van der Waals surface area (Å²) < 4.78 is 33.4. The smallest absolute Gasteiger partial charge is 0.270 e. The van der Waals surface area contributed by atoms with E-state index in [1.165, 1.54) is 22.8 Å². The largest absolute Gasteiger partial charge is 0.379 e. The van der Waals surface area contributed by atoms with Crippen LogP contribution in [0.5, 0.6) is 0 Å². The third-order valence-electron chi connectivity index (χ3n) is 5.53. The summed E-state index contributed by atoms with van der Waals surface area (Å²) in [6.07, 6.45) is 5.00. The van der Waals surface area contributed by atoms with Crippen molar-refractivity contribution in [2.24, 2.45) is 0 Å². The molecule has 0 amide bonds. The first-order chi connectivity index (χ1) is 14.5. The lowest BCUT2D eigenvalue weighted by Crippen LogP contribution is -2.42. The number of ether oxygens (including phenoxy) is 1. The second-order valence-corrected chi connectivity index (χ2v) is 9.25. The number of nitro benzene ring substituents is 1. The molecular formula is C19H23N5O5S. The normalized spacial score (nSPS) is 20.8. The topological polar surface area (TPSA) is 119 Å². The number of hydrogen-bond acceptors (Lipinski definition) is 8. The Bertz CT molecular complexity index is 1010. The molecule has 2 aromatic rings. The van der Waals surface area contributed by atoms with E-state index in [1.807, 2.05) is 11.0 Å². The zero-order valence-electron chi connectivity index (χ0n) is 16.4. The van der Waals surface area contributed by atoms with Gasteiger partial charge in [0.15, 0.2) is 0 Å². The predicted octanol–water partition coefficient (Wildman–Crippen LogP) is 1.79. The minimum Gasteiger partial charge on any atom is -0.379 e. The molecule has 2 saturated heterocycles. The number of morpholine rings is 1. The lowest BCUT2D eigenvalue weighted by atomic mass is 9.94. The molecule has 0 bridgehead atoms. The van der Waals surface area contributed by atoms with Crippen molar-refractivity contribution in [1.82, 2.24) is 14.3 Å². The minimum absolute atomic E-state index is 0.0260. The van der Waals surface area contributed by atoms with Crippen LogP contribution < -0.4 is 4.90 Å². The molecule has 0 unspecified atom stereocenters. The second kappa shape index (κ2) is 8.62. The predicted molar refractivity (Wildman–Crippen MR) is 109 cm³/mol. The third kappa shape index (κ3) is 4.13. The Hall–Kier alpha value is -2.63. The highest BCUT2D eigenvalue weighted by molar-refractivity contribution is 7.89. The van der Waals surface area contributed by atoms with Gasteiger partial charge in [-0.05, 0) is 25.0 Å². The lowest BCUT2D eigenvalue weighted by molar-refractivity contribution is -0.385. The molecule has 0 radical (unpaired) electrons. The van der Waals surface area contributed by atoms with Gasteiger partial charge in [0.1, 0.15) is 11.2 Å². The number of rotatable bonds is 5. The van der Waals surface area contributed by atoms with E-state index in [0.717, 1.165) is 18.5 Å². The standard InChI is InChI=1S/C19H23N5O5S/c25-24(26)16-3-4-18(19(12-16)30(27,28)23-8-10-29-11-9-23)22-7-1-2-15(13-22)17-5-6-20-14-21-17/h3-6,12,14-15H,1-2,7-11,13H2/t15-/m1/s1. The number of aromatic nitrogens is 2. The fourth-order valence-electron chi connectivity index (χ4n) is 3.99. The number of nitrogens with zero attached hydrogens (tertiary/aromatic N) is 5. The molecule has 0 spiro atoms. The summed E-state index contributed by atoms with van der Waals surface area (Å²) in [5.41, 5.74) is 1.16. The molecule has 2 fully saturated rings. The number of hydrogen-bond donors (Lipinski definition) is 0. The van der Waals surface area contributed by atoms with E-state index in [4.69, 9.17) is 4.74 Å². The average molecular weight is 433 g/mol. The van der Waals surface area contributed by atoms with Crippen LogP contribution in [0.25, 0.3) is 0 Å². The van der Waals surface area contributed by atoms with Crippen molar-refractivity contribution in [2.45, 2.75) is 23.7 Å². The first-order valence-electron chi connectivity index (χ1n) is 9.84. The maximum Gasteiger partial charge on any atom is 0.270 e. The number of non-ortho nitro benzene ring substituents is 1. The highest BCUT2D eigenvalue weighted by atomic mass is 32.2. The quantitative estimate of drug-likeness (QED) is 0.517. The van der Waals surface area contributed by atoms with Crippen LogP contribution in [0.3, 0.4) is 0 Å². The van der Waals surface area contributed by atoms with Crippen LogP contribution in [0.2, 0.25) is 0 Å². The van der Waals surface area contributed by atoms with Gasteiger partial charge < -0.3 is 9.64 Å². The Labute approximate surface area is 174 Å². The van der Waals surface area contributed by atoms with E-state index in [0.29, 0.717) is 32.0 Å². The minimum atomic E-state index is -3.90. The molecule has 3 heterocycles. The second-order valence-electron chi connectivity index (χ2n) is 7.35. The molecule has 1 aromatic carbocycles. The van der Waals surface area contributed by atoms with Crippen molar-refractivity contribution in [3.05, 3.63) is 52.6 Å². The molecule has 2 aliphatic rings. The van der Waals surface area contributed by atoms with Gasteiger partial charge in [-0.2, -0.15) is 4.31 Å². The van der Waals surface area contributed by atoms with Gasteiger partial charge in [0.2, 0.25) is 10.0 Å². The summed E-state index contributed by atoms with van der Waals surface area (Å²) in [6.45, 7) is 2.33. The monoisotopic (exact) mass is 433 g/mol. The summed E-state index contributed by atoms with van der Waals surface area (Å²) in [7, 11) is -3.90. The zero-order valence-corrected chi connectivity index (χ0v) is 17.2. The molecule has 4 rings (SSSR count). The Kier molecular flexibility index (Phi) is 5.93. The highest BCUT2D eigenvalue weighted by Gasteiger charge is 2.33. The van der Waals surface area contributed by atoms with Crippen LogP contribution in [0.15, 0.2) is 41.7 Å². The van der Waals surface area contributed by atoms with Crippen molar-refractivity contribution < 1.29 is 18.1 Å². The summed E-state index contributed by atoms with van der Waals surface area (Å²) in [5, 5.41) is 11.3. The zero-order chi connectivity index (χ0) is 21.1. The van der Waals surface area contributed by atoms with E-state index >= 15 is 0 Å². The first-order valence-corrected chi connectivity index (χ1v) is 11.3. The molecule has 0 saturated carbocycles. The van der Waals surface area contributed by atoms with E-state index in [-0.39, 0.29) is 29.6 Å². The van der Waals surface area contributed by atoms with Crippen LogP contribution >= 0.6 is 0 Å². The van der Waals surface area contributed by atoms with Gasteiger partial charge in [-0.3, -0.25) is 10.1 Å². The van der Waals surface area contributed by atoms with Crippen LogP contribution in [-0.2, 0) is 14.8 Å². The molecule has 0 aliphatic carbocycles. The number of piperidine rings is 1. The lowest BCUT2D eigenvalue weighted by Gasteiger charge is -2.36. The molecule has 30 heavy (non-hydrogen) atoms. The molecule has 1 aromatic heterocycles. The Morgan fingerprint density at radius 1 is 1.17 bits per heavy atom. The fourth-order valence-corrected chi connectivity index (χ4v) is 5.63. The SMILES string of the molecule is O=[N+]([O-])c1ccc(N2CCC[C@@H](c3ccncn3)C2)c(S(=O)(=O)N2CCOCC2)c1. The van der Waals surface area contributed by atoms with Gasteiger partial charge in [0, 0.05) is 56.1 Å². The Morgan fingerprint density at radius 2 is 1.97 bits per heavy atom. The van der Waals surface area contributed by atoms with Crippen molar-refractivity contribution in [3.63, 3.8) is 0 Å². The molecule has 160 valence electrons. The molecular weight excluding hydrogens is 410 g/mol. The van der Waals surface area contributed by atoms with Gasteiger partial charge in [0.05, 0.1) is 23.8 Å². The van der Waals surface area contributed by atoms with Crippen LogP contribution in [0.1, 0.15) is 24.5 Å². The average Bonchev–Trinajstić information content (AvgIpc) is 2.80. The highest BCUT2D eigenvalue weighted by Crippen LogP contribution is 2.36. The van der Waals surface area contributed by atoms with Crippen molar-refractivity contribution in [3.8, 4) is 0 Å². The number of sulfonamides is 1. The number of benzene rings is 1. The van der Waals surface area contributed by atoms with Crippen molar-refractivity contribution >= 4 is 21.4 Å². The van der Waals surface area contributed by atoms with E-state index in [9.17, 15) is 18.5 Å². The number of anilines is 1. The van der Waals surface area contributed by atoms with Crippen LogP contribution in [-0.4, -0.2) is 67.0 Å². The summed E-state index contributed by atoms with van der Waals surface area (Å²) >= 11 is 0. The van der Waals surface area contributed by atoms with Crippen LogP contribution in [0.4, 0.5) is 11.4 Å². The van der Waals surface area contributed by atoms with E-state index in [1.54, 1.807) is 12.3 Å². The van der Waals surface area contributed by atoms with E-state index in [2.05, 4.69) is 9.97 Å². The van der Waals surface area contributed by atoms with Crippen LogP contribution in [0, 0.1) is 10.1 Å². The molecule has 11 heteroatoms. The number of nitro groups is 1. The molecule has 10 nitrogen and oxygen atoms in total. The van der Waals surface area contributed by atoms with Crippen molar-refractivity contribution in [2.75, 3.05) is 44.3 Å². The maximum absolute atomic E-state index is 13.4. The summed E-state index contributed by atoms with van der Waals surface area (Å²) in [6, 6.07) is 5.96. The molecule has 1 atom stereocenters. The van der Waals surface area contributed by atoms with Gasteiger partial charge in [-0.25, -0.2) is 18.4 Å². The first kappa shape index (κ1) is 20.6. The van der Waals surface area contributed by atoms with Crippen molar-refractivity contribution in [1.29, 1.82) is 0 Å². The third-order valence-corrected chi connectivity index (χ3v) is 7.46. The van der Waals surface area contributed by atoms with Gasteiger partial charge in [-0.1, -0.05) is 0 Å². The molecule has 2 aliphatic heterocycles. The Morgan fingerprint density at radius 3 is 2.67 bits per heavy atom.